The van der Waals surface area contributed by atoms with Crippen LogP contribution in [0.1, 0.15) is 62.7 Å². The second-order valence-electron chi connectivity index (χ2n) is 5.94. The van der Waals surface area contributed by atoms with E-state index in [2.05, 4.69) is 43.5 Å². The molecule has 2 aromatic heterocycles. The minimum Gasteiger partial charge on any atom is -0.337 e. The molecule has 2 aromatic rings. The van der Waals surface area contributed by atoms with Gasteiger partial charge in [-0.05, 0) is 26.7 Å². The van der Waals surface area contributed by atoms with Gasteiger partial charge < -0.3 is 9.13 Å². The summed E-state index contributed by atoms with van der Waals surface area (Å²) in [6.07, 6.45) is 8.59. The number of aromatic nitrogens is 5. The Kier molecular flexibility index (Phi) is 4.05. The van der Waals surface area contributed by atoms with Gasteiger partial charge in [0.15, 0.2) is 0 Å². The van der Waals surface area contributed by atoms with Gasteiger partial charge in [0.25, 0.3) is 0 Å². The van der Waals surface area contributed by atoms with Crippen molar-refractivity contribution < 1.29 is 0 Å². The van der Waals surface area contributed by atoms with E-state index >= 15 is 0 Å². The van der Waals surface area contributed by atoms with Crippen molar-refractivity contribution in [2.75, 3.05) is 0 Å². The number of rotatable bonds is 4. The smallest absolute Gasteiger partial charge is 0.149 e. The molecule has 2 unspecified atom stereocenters. The third-order valence-corrected chi connectivity index (χ3v) is 4.27. The molecule has 3 heterocycles. The van der Waals surface area contributed by atoms with E-state index in [4.69, 9.17) is 0 Å². The number of fused-ring (bicyclic) bond motifs is 1. The van der Waals surface area contributed by atoms with Gasteiger partial charge in [0.1, 0.15) is 17.5 Å². The summed E-state index contributed by atoms with van der Waals surface area (Å²) in [5, 5.41) is 12.4. The molecule has 0 aliphatic carbocycles. The van der Waals surface area contributed by atoms with E-state index in [1.54, 1.807) is 0 Å². The van der Waals surface area contributed by atoms with Crippen molar-refractivity contribution in [1.29, 1.82) is 0 Å². The number of nitrogens with one attached hydrogen (secondary N) is 1. The molecule has 1 N–H and O–H groups in total. The Morgan fingerprint density at radius 1 is 1.10 bits per heavy atom. The fraction of sp³-hybridized carbons (Fsp3) is 0.667. The quantitative estimate of drug-likeness (QED) is 0.936. The highest BCUT2D eigenvalue weighted by Gasteiger charge is 2.21. The van der Waals surface area contributed by atoms with E-state index in [-0.39, 0.29) is 12.1 Å². The van der Waals surface area contributed by atoms with E-state index in [0.717, 1.165) is 30.4 Å². The van der Waals surface area contributed by atoms with Gasteiger partial charge in [-0.15, -0.1) is 10.2 Å². The summed E-state index contributed by atoms with van der Waals surface area (Å²) in [5.74, 6) is 3.23. The van der Waals surface area contributed by atoms with Gasteiger partial charge in [-0.25, -0.2) is 4.98 Å². The first-order chi connectivity index (χ1) is 10.2. The van der Waals surface area contributed by atoms with Crippen LogP contribution in [0, 0.1) is 0 Å². The van der Waals surface area contributed by atoms with E-state index in [0.29, 0.717) is 0 Å². The molecular weight excluding hydrogens is 264 g/mol. The van der Waals surface area contributed by atoms with E-state index in [1.165, 1.54) is 19.3 Å². The normalized spacial score (nSPS) is 18.0. The third-order valence-electron chi connectivity index (χ3n) is 4.27. The molecule has 6 nitrogen and oxygen atoms in total. The maximum absolute atomic E-state index is 4.42. The zero-order chi connectivity index (χ0) is 14.8. The summed E-state index contributed by atoms with van der Waals surface area (Å²) >= 11 is 0. The van der Waals surface area contributed by atoms with Gasteiger partial charge in [-0.2, -0.15) is 0 Å². The van der Waals surface area contributed by atoms with Crippen molar-refractivity contribution in [3.63, 3.8) is 0 Å². The van der Waals surface area contributed by atoms with Crippen LogP contribution in [0.2, 0.25) is 0 Å². The third kappa shape index (κ3) is 2.85. The summed E-state index contributed by atoms with van der Waals surface area (Å²) in [5.41, 5.74) is 0. The molecule has 0 saturated heterocycles. The van der Waals surface area contributed by atoms with Crippen molar-refractivity contribution in [1.82, 2.24) is 29.6 Å². The van der Waals surface area contributed by atoms with Crippen molar-refractivity contribution in [2.45, 2.75) is 58.2 Å². The number of hydrogen-bond donors (Lipinski definition) is 1. The molecule has 3 rings (SSSR count). The van der Waals surface area contributed by atoms with Crippen molar-refractivity contribution in [3.8, 4) is 0 Å². The lowest BCUT2D eigenvalue weighted by molar-refractivity contribution is 0.435. The zero-order valence-electron chi connectivity index (χ0n) is 13.1. The summed E-state index contributed by atoms with van der Waals surface area (Å²) < 4.78 is 4.35. The first-order valence-electron chi connectivity index (χ1n) is 7.82. The Morgan fingerprint density at radius 2 is 1.90 bits per heavy atom. The predicted octanol–water partition coefficient (Wildman–Crippen LogP) is 2.15. The number of nitrogens with zero attached hydrogens (tertiary/aromatic N) is 5. The van der Waals surface area contributed by atoms with Gasteiger partial charge in [0.05, 0.1) is 12.1 Å². The lowest BCUT2D eigenvalue weighted by Gasteiger charge is -2.20. The molecule has 0 spiro atoms. The van der Waals surface area contributed by atoms with Crippen LogP contribution >= 0.6 is 0 Å². The molecule has 0 radical (unpaired) electrons. The van der Waals surface area contributed by atoms with E-state index in [1.807, 2.05) is 19.4 Å². The second kappa shape index (κ2) is 5.97. The number of imidazole rings is 1. The number of hydrogen-bond acceptors (Lipinski definition) is 4. The average Bonchev–Trinajstić information content (AvgIpc) is 2.99. The minimum atomic E-state index is 0.163. The highest BCUT2D eigenvalue weighted by atomic mass is 15.3. The standard InChI is InChI=1S/C15H24N6/c1-11(14-16-8-10-20(14)3)17-12(2)15-19-18-13-7-5-4-6-9-21(13)15/h8,10-12,17H,4-7,9H2,1-3H3. The van der Waals surface area contributed by atoms with Crippen LogP contribution in [0.4, 0.5) is 0 Å². The molecule has 0 fully saturated rings. The van der Waals surface area contributed by atoms with Gasteiger partial charge >= 0.3 is 0 Å². The molecule has 0 saturated carbocycles. The monoisotopic (exact) mass is 288 g/mol. The predicted molar refractivity (Wildman–Crippen MR) is 80.8 cm³/mol. The first kappa shape index (κ1) is 14.3. The molecule has 0 amide bonds. The zero-order valence-corrected chi connectivity index (χ0v) is 13.1. The summed E-state index contributed by atoms with van der Waals surface area (Å²) in [7, 11) is 2.02. The fourth-order valence-electron chi connectivity index (χ4n) is 3.15. The molecule has 1 aliphatic heterocycles. The van der Waals surface area contributed by atoms with Crippen LogP contribution in [0.5, 0.6) is 0 Å². The lowest BCUT2D eigenvalue weighted by atomic mass is 10.2. The van der Waals surface area contributed by atoms with Crippen LogP contribution < -0.4 is 5.32 Å². The van der Waals surface area contributed by atoms with Gasteiger partial charge in [-0.3, -0.25) is 5.32 Å². The molecular formula is C15H24N6. The Labute approximate surface area is 125 Å². The summed E-state index contributed by atoms with van der Waals surface area (Å²) in [6.45, 7) is 5.33. The van der Waals surface area contributed by atoms with Crippen molar-refractivity contribution in [2.24, 2.45) is 7.05 Å². The van der Waals surface area contributed by atoms with E-state index in [9.17, 15) is 0 Å². The molecule has 114 valence electrons. The molecule has 0 bridgehead atoms. The SMILES string of the molecule is CC(NC(C)c1nnc2n1CCCCC2)c1nccn1C. The van der Waals surface area contributed by atoms with Gasteiger partial charge in [-0.1, -0.05) is 6.42 Å². The van der Waals surface area contributed by atoms with Crippen LogP contribution in [0.25, 0.3) is 0 Å². The van der Waals surface area contributed by atoms with Crippen LogP contribution in [0.15, 0.2) is 12.4 Å². The molecule has 0 aromatic carbocycles. The Hall–Kier alpha value is -1.69. The summed E-state index contributed by atoms with van der Waals surface area (Å²) in [4.78, 5) is 4.41. The maximum atomic E-state index is 4.42. The Morgan fingerprint density at radius 3 is 2.67 bits per heavy atom. The highest BCUT2D eigenvalue weighted by Crippen LogP contribution is 2.21. The lowest BCUT2D eigenvalue weighted by Crippen LogP contribution is -2.27. The number of aryl methyl sites for hydroxylation is 2. The first-order valence-corrected chi connectivity index (χ1v) is 7.82. The fourth-order valence-corrected chi connectivity index (χ4v) is 3.15. The largest absolute Gasteiger partial charge is 0.337 e. The topological polar surface area (TPSA) is 60.6 Å². The van der Waals surface area contributed by atoms with Crippen molar-refractivity contribution >= 4 is 0 Å². The average molecular weight is 288 g/mol. The highest BCUT2D eigenvalue weighted by molar-refractivity contribution is 5.04. The van der Waals surface area contributed by atoms with Crippen molar-refractivity contribution in [3.05, 3.63) is 29.9 Å². The Bertz CT molecular complexity index is 599. The second-order valence-corrected chi connectivity index (χ2v) is 5.94. The van der Waals surface area contributed by atoms with Crippen LogP contribution in [-0.4, -0.2) is 24.3 Å². The molecule has 1 aliphatic rings. The Balaban J connectivity index is 1.75. The summed E-state index contributed by atoms with van der Waals surface area (Å²) in [6, 6.07) is 0.342. The van der Waals surface area contributed by atoms with E-state index < -0.39 is 0 Å². The molecule has 2 atom stereocenters. The maximum Gasteiger partial charge on any atom is 0.149 e. The van der Waals surface area contributed by atoms with Crippen LogP contribution in [-0.2, 0) is 20.0 Å². The van der Waals surface area contributed by atoms with Gasteiger partial charge in [0, 0.05) is 32.4 Å². The van der Waals surface area contributed by atoms with Gasteiger partial charge in [0.2, 0.25) is 0 Å². The minimum absolute atomic E-state index is 0.163. The van der Waals surface area contributed by atoms with Crippen LogP contribution in [0.3, 0.4) is 0 Å². The molecule has 6 heteroatoms. The molecule has 21 heavy (non-hydrogen) atoms.